The molecule has 0 aromatic heterocycles. The highest BCUT2D eigenvalue weighted by molar-refractivity contribution is 5.14. The molecule has 2 saturated carbocycles. The van der Waals surface area contributed by atoms with Crippen LogP contribution in [0.5, 0.6) is 0 Å². The van der Waals surface area contributed by atoms with Gasteiger partial charge in [-0.05, 0) is 43.9 Å². The van der Waals surface area contributed by atoms with Crippen molar-refractivity contribution >= 4 is 0 Å². The summed E-state index contributed by atoms with van der Waals surface area (Å²) in [5.74, 6) is 0. The van der Waals surface area contributed by atoms with Crippen LogP contribution in [0, 0.1) is 16.7 Å². The molecule has 2 rings (SSSR count). The summed E-state index contributed by atoms with van der Waals surface area (Å²) >= 11 is 0. The number of rotatable bonds is 3. The molecule has 0 atom stereocenters. The van der Waals surface area contributed by atoms with E-state index in [1.165, 1.54) is 25.7 Å². The predicted molar refractivity (Wildman–Crippen MR) is 56.7 cm³/mol. The minimum atomic E-state index is -0.248. The largest absolute Gasteiger partial charge is 0.296 e. The Hall–Kier alpha value is -0.810. The van der Waals surface area contributed by atoms with Crippen molar-refractivity contribution < 1.29 is 0 Å². The van der Waals surface area contributed by atoms with Gasteiger partial charge in [0.2, 0.25) is 0 Å². The smallest absolute Gasteiger partial charge is 0.107 e. The molecule has 2 fully saturated rings. The second kappa shape index (κ2) is 3.40. The van der Waals surface area contributed by atoms with E-state index < -0.39 is 0 Å². The minimum Gasteiger partial charge on any atom is -0.296 e. The molecule has 76 valence electrons. The first-order chi connectivity index (χ1) is 6.74. The number of nitrogens with one attached hydrogen (secondary N) is 1. The highest BCUT2D eigenvalue weighted by atomic mass is 15.0. The molecule has 1 spiro atoms. The Kier molecular flexibility index (Phi) is 2.36. The third kappa shape index (κ3) is 1.69. The highest BCUT2D eigenvalue weighted by Gasteiger charge is 2.49. The maximum absolute atomic E-state index is 9.21. The van der Waals surface area contributed by atoms with Crippen molar-refractivity contribution in [3.63, 3.8) is 0 Å². The molecule has 0 amide bonds. The topological polar surface area (TPSA) is 35.8 Å². The molecule has 0 saturated heterocycles. The lowest BCUT2D eigenvalue weighted by atomic mass is 9.75. The second-order valence-electron chi connectivity index (χ2n) is 4.86. The molecule has 0 aromatic rings. The summed E-state index contributed by atoms with van der Waals surface area (Å²) in [7, 11) is 0. The van der Waals surface area contributed by atoms with Crippen molar-refractivity contribution in [2.45, 2.75) is 44.1 Å². The van der Waals surface area contributed by atoms with E-state index in [1.54, 1.807) is 0 Å². The summed E-state index contributed by atoms with van der Waals surface area (Å²) in [6.07, 6.45) is 9.16. The average Bonchev–Trinajstić information content (AvgIpc) is 2.99. The summed E-state index contributed by atoms with van der Waals surface area (Å²) in [6, 6.07) is 2.46. The number of hydrogen-bond acceptors (Lipinski definition) is 2. The van der Waals surface area contributed by atoms with Crippen LogP contribution in [0.25, 0.3) is 0 Å². The molecule has 2 nitrogen and oxygen atoms in total. The van der Waals surface area contributed by atoms with Crippen molar-refractivity contribution in [1.29, 1.82) is 5.26 Å². The normalized spacial score (nSPS) is 26.8. The van der Waals surface area contributed by atoms with Crippen molar-refractivity contribution in [3.8, 4) is 6.07 Å². The molecule has 0 radical (unpaired) electrons. The lowest BCUT2D eigenvalue weighted by molar-refractivity contribution is 0.229. The molecule has 0 heterocycles. The molecule has 14 heavy (non-hydrogen) atoms. The Balaban J connectivity index is 1.94. The molecule has 0 aromatic carbocycles. The van der Waals surface area contributed by atoms with Gasteiger partial charge in [-0.15, -0.1) is 6.58 Å². The van der Waals surface area contributed by atoms with Crippen LogP contribution in [0.15, 0.2) is 12.7 Å². The van der Waals surface area contributed by atoms with E-state index in [-0.39, 0.29) is 5.54 Å². The molecular weight excluding hydrogens is 172 g/mol. The van der Waals surface area contributed by atoms with E-state index in [1.807, 2.05) is 6.08 Å². The van der Waals surface area contributed by atoms with Crippen molar-refractivity contribution in [1.82, 2.24) is 5.32 Å². The van der Waals surface area contributed by atoms with Crippen LogP contribution in [0.3, 0.4) is 0 Å². The Morgan fingerprint density at radius 1 is 1.21 bits per heavy atom. The van der Waals surface area contributed by atoms with Gasteiger partial charge in [0.15, 0.2) is 0 Å². The first kappa shape index (κ1) is 9.73. The van der Waals surface area contributed by atoms with E-state index in [4.69, 9.17) is 0 Å². The number of nitrogens with zero attached hydrogens (tertiary/aromatic N) is 1. The summed E-state index contributed by atoms with van der Waals surface area (Å²) in [6.45, 7) is 4.43. The monoisotopic (exact) mass is 190 g/mol. The van der Waals surface area contributed by atoms with E-state index in [0.717, 1.165) is 19.4 Å². The molecule has 0 aliphatic heterocycles. The zero-order valence-corrected chi connectivity index (χ0v) is 8.68. The lowest BCUT2D eigenvalue weighted by Crippen LogP contribution is -2.47. The standard InChI is InChI=1S/C12H18N2/c1-2-9-14-12(10-13)7-5-11(3-4-11)6-8-12/h2,14H,1,3-9H2. The first-order valence-electron chi connectivity index (χ1n) is 5.51. The number of nitriles is 1. The van der Waals surface area contributed by atoms with Crippen LogP contribution in [0.1, 0.15) is 38.5 Å². The molecule has 1 N–H and O–H groups in total. The van der Waals surface area contributed by atoms with Crippen LogP contribution < -0.4 is 5.32 Å². The molecule has 0 unspecified atom stereocenters. The second-order valence-corrected chi connectivity index (χ2v) is 4.86. The molecule has 2 aliphatic carbocycles. The van der Waals surface area contributed by atoms with Gasteiger partial charge in [0.1, 0.15) is 5.54 Å². The van der Waals surface area contributed by atoms with Gasteiger partial charge in [0.25, 0.3) is 0 Å². The summed E-state index contributed by atoms with van der Waals surface area (Å²) < 4.78 is 0. The van der Waals surface area contributed by atoms with Crippen molar-refractivity contribution in [2.75, 3.05) is 6.54 Å². The SMILES string of the molecule is C=CCNC1(C#N)CCC2(CC2)CC1. The lowest BCUT2D eigenvalue weighted by Gasteiger charge is -2.35. The maximum atomic E-state index is 9.21. The molecule has 0 bridgehead atoms. The van der Waals surface area contributed by atoms with Crippen LogP contribution in [-0.4, -0.2) is 12.1 Å². The van der Waals surface area contributed by atoms with Crippen LogP contribution in [-0.2, 0) is 0 Å². The van der Waals surface area contributed by atoms with E-state index in [9.17, 15) is 5.26 Å². The zero-order chi connectivity index (χ0) is 10.1. The van der Waals surface area contributed by atoms with E-state index >= 15 is 0 Å². The van der Waals surface area contributed by atoms with Gasteiger partial charge in [0.05, 0.1) is 6.07 Å². The van der Waals surface area contributed by atoms with E-state index in [2.05, 4.69) is 18.0 Å². The summed E-state index contributed by atoms with van der Waals surface area (Å²) in [5, 5.41) is 12.5. The summed E-state index contributed by atoms with van der Waals surface area (Å²) in [4.78, 5) is 0. The van der Waals surface area contributed by atoms with Gasteiger partial charge in [-0.1, -0.05) is 6.08 Å². The van der Waals surface area contributed by atoms with Crippen LogP contribution in [0.4, 0.5) is 0 Å². The van der Waals surface area contributed by atoms with Crippen molar-refractivity contribution in [2.24, 2.45) is 5.41 Å². The number of hydrogen-bond donors (Lipinski definition) is 1. The van der Waals surface area contributed by atoms with Gasteiger partial charge in [-0.2, -0.15) is 5.26 Å². The quantitative estimate of drug-likeness (QED) is 0.693. The fourth-order valence-corrected chi connectivity index (χ4v) is 2.48. The third-order valence-electron chi connectivity index (χ3n) is 3.92. The highest BCUT2D eigenvalue weighted by Crippen LogP contribution is 2.57. The Bertz CT molecular complexity index is 261. The Morgan fingerprint density at radius 3 is 2.21 bits per heavy atom. The van der Waals surface area contributed by atoms with E-state index in [0.29, 0.717) is 5.41 Å². The Morgan fingerprint density at radius 2 is 1.79 bits per heavy atom. The Labute approximate surface area is 86.0 Å². The maximum Gasteiger partial charge on any atom is 0.107 e. The third-order valence-corrected chi connectivity index (χ3v) is 3.92. The minimum absolute atomic E-state index is 0.248. The first-order valence-corrected chi connectivity index (χ1v) is 5.51. The zero-order valence-electron chi connectivity index (χ0n) is 8.68. The fraction of sp³-hybridized carbons (Fsp3) is 0.750. The summed E-state index contributed by atoms with van der Waals surface area (Å²) in [5.41, 5.74) is 0.415. The fourth-order valence-electron chi connectivity index (χ4n) is 2.48. The predicted octanol–water partition coefficient (Wildman–Crippen LogP) is 2.38. The molecule has 2 heteroatoms. The van der Waals surface area contributed by atoms with Gasteiger partial charge >= 0.3 is 0 Å². The van der Waals surface area contributed by atoms with Crippen LogP contribution >= 0.6 is 0 Å². The van der Waals surface area contributed by atoms with Gasteiger partial charge in [-0.25, -0.2) is 0 Å². The molecule has 2 aliphatic rings. The molecular formula is C12H18N2. The van der Waals surface area contributed by atoms with Gasteiger partial charge < -0.3 is 0 Å². The average molecular weight is 190 g/mol. The van der Waals surface area contributed by atoms with Crippen molar-refractivity contribution in [3.05, 3.63) is 12.7 Å². The van der Waals surface area contributed by atoms with Gasteiger partial charge in [-0.3, -0.25) is 5.32 Å². The van der Waals surface area contributed by atoms with Gasteiger partial charge in [0, 0.05) is 6.54 Å². The van der Waals surface area contributed by atoms with Crippen LogP contribution in [0.2, 0.25) is 0 Å².